The van der Waals surface area contributed by atoms with Crippen LogP contribution in [0.25, 0.3) is 0 Å². The van der Waals surface area contributed by atoms with Gasteiger partial charge in [0.25, 0.3) is 0 Å². The Balaban J connectivity index is 1.36. The first-order chi connectivity index (χ1) is 14.1. The molecule has 29 heavy (non-hydrogen) atoms. The van der Waals surface area contributed by atoms with Gasteiger partial charge in [-0.25, -0.2) is 4.79 Å². The molecule has 3 atom stereocenters. The molecule has 4 N–H and O–H groups in total. The minimum Gasteiger partial charge on any atom is -0.356 e. The molecule has 0 aliphatic carbocycles. The molecule has 4 amide bonds. The fraction of sp³-hybridized carbons (Fsp3) is 0.850. The van der Waals surface area contributed by atoms with E-state index in [1.165, 1.54) is 0 Å². The molecule has 2 fully saturated rings. The lowest BCUT2D eigenvalue weighted by Crippen LogP contribution is -2.36. The van der Waals surface area contributed by atoms with Gasteiger partial charge in [0.1, 0.15) is 0 Å². The molecule has 2 aliphatic rings. The minimum absolute atomic E-state index is 0.0429. The quantitative estimate of drug-likeness (QED) is 0.152. The third-order valence-electron chi connectivity index (χ3n) is 5.39. The van der Waals surface area contributed by atoms with Gasteiger partial charge in [-0.2, -0.15) is 24.4 Å². The van der Waals surface area contributed by atoms with E-state index in [-0.39, 0.29) is 29.9 Å². The third kappa shape index (κ3) is 9.51. The van der Waals surface area contributed by atoms with Gasteiger partial charge in [-0.05, 0) is 37.9 Å². The molecule has 2 rings (SSSR count). The zero-order valence-corrected chi connectivity index (χ0v) is 18.9. The van der Waals surface area contributed by atoms with Crippen molar-refractivity contribution in [2.75, 3.05) is 24.6 Å². The molecule has 166 valence electrons. The van der Waals surface area contributed by atoms with Crippen LogP contribution < -0.4 is 21.3 Å². The van der Waals surface area contributed by atoms with Gasteiger partial charge in [0.15, 0.2) is 0 Å². The number of fused-ring (bicyclic) bond motifs is 1. The molecule has 0 bridgehead atoms. The number of nitrogens with one attached hydrogen (secondary N) is 4. The van der Waals surface area contributed by atoms with E-state index < -0.39 is 0 Å². The zero-order valence-electron chi connectivity index (χ0n) is 17.2. The van der Waals surface area contributed by atoms with Crippen molar-refractivity contribution in [3.63, 3.8) is 0 Å². The van der Waals surface area contributed by atoms with Crippen molar-refractivity contribution in [1.29, 1.82) is 0 Å². The standard InChI is InChI=1S/C20H36N4O3S2/c25-17(21-11-5-1-2-6-12-22-18(26)10-7-13-28)9-4-3-8-16-19-15(14-29-16)23-20(27)24-19/h15-16,19,28H,1-14H2,(H,21,25)(H,22,26)(H2,23,24,27)/t15?,16-,19?/m0/s1. The molecule has 0 aromatic carbocycles. The molecule has 0 saturated carbocycles. The SMILES string of the molecule is O=C(CCCS)NCCCCCCNC(=O)CCCC[C@@H]1SCC2NC(=O)NC21. The molecular formula is C20H36N4O3S2. The lowest BCUT2D eigenvalue weighted by molar-refractivity contribution is -0.122. The molecule has 2 saturated heterocycles. The van der Waals surface area contributed by atoms with Crippen molar-refractivity contribution in [2.45, 2.75) is 81.5 Å². The predicted octanol–water partition coefficient (Wildman–Crippen LogP) is 2.21. The Bertz CT molecular complexity index is 536. The number of carbonyl (C=O) groups excluding carboxylic acids is 3. The Morgan fingerprint density at radius 1 is 0.931 bits per heavy atom. The van der Waals surface area contributed by atoms with Crippen LogP contribution in [0.3, 0.4) is 0 Å². The molecular weight excluding hydrogens is 408 g/mol. The van der Waals surface area contributed by atoms with E-state index in [1.54, 1.807) is 0 Å². The second-order valence-corrected chi connectivity index (χ2v) is 9.53. The number of carbonyl (C=O) groups is 3. The topological polar surface area (TPSA) is 99.3 Å². The van der Waals surface area contributed by atoms with Gasteiger partial charge in [0.05, 0.1) is 12.1 Å². The van der Waals surface area contributed by atoms with Gasteiger partial charge in [-0.15, -0.1) is 0 Å². The van der Waals surface area contributed by atoms with Gasteiger partial charge in [0, 0.05) is 36.9 Å². The Kier molecular flexibility index (Phi) is 11.7. The Morgan fingerprint density at radius 2 is 1.59 bits per heavy atom. The first kappa shape index (κ1) is 24.2. The highest BCUT2D eigenvalue weighted by Crippen LogP contribution is 2.33. The number of rotatable bonds is 15. The van der Waals surface area contributed by atoms with Crippen LogP contribution in [0.15, 0.2) is 0 Å². The fourth-order valence-electron chi connectivity index (χ4n) is 3.75. The fourth-order valence-corrected chi connectivity index (χ4v) is 5.45. The third-order valence-corrected chi connectivity index (χ3v) is 7.22. The number of hydrogen-bond acceptors (Lipinski definition) is 5. The monoisotopic (exact) mass is 444 g/mol. The van der Waals surface area contributed by atoms with Gasteiger partial charge in [-0.3, -0.25) is 9.59 Å². The summed E-state index contributed by atoms with van der Waals surface area (Å²) in [7, 11) is 0. The molecule has 0 aromatic heterocycles. The first-order valence-electron chi connectivity index (χ1n) is 10.9. The number of unbranched alkanes of at least 4 members (excludes halogenated alkanes) is 4. The summed E-state index contributed by atoms with van der Waals surface area (Å²) >= 11 is 6.02. The maximum atomic E-state index is 11.9. The lowest BCUT2D eigenvalue weighted by atomic mass is 10.0. The second kappa shape index (κ2) is 14.0. The molecule has 0 aromatic rings. The van der Waals surface area contributed by atoms with Crippen LogP contribution in [0.5, 0.6) is 0 Å². The van der Waals surface area contributed by atoms with E-state index in [1.807, 2.05) is 11.8 Å². The van der Waals surface area contributed by atoms with Gasteiger partial charge < -0.3 is 21.3 Å². The average molecular weight is 445 g/mol. The van der Waals surface area contributed by atoms with Crippen molar-refractivity contribution < 1.29 is 14.4 Å². The van der Waals surface area contributed by atoms with Gasteiger partial charge in [0.2, 0.25) is 11.8 Å². The summed E-state index contributed by atoms with van der Waals surface area (Å²) in [5.41, 5.74) is 0. The minimum atomic E-state index is -0.0429. The molecule has 2 aliphatic heterocycles. The number of hydrogen-bond donors (Lipinski definition) is 5. The van der Waals surface area contributed by atoms with E-state index in [0.717, 1.165) is 76.0 Å². The summed E-state index contributed by atoms with van der Waals surface area (Å²) in [6.07, 6.45) is 9.02. The smallest absolute Gasteiger partial charge is 0.315 e. The van der Waals surface area contributed by atoms with Crippen LogP contribution in [0, 0.1) is 0 Å². The van der Waals surface area contributed by atoms with Gasteiger partial charge in [-0.1, -0.05) is 19.3 Å². The summed E-state index contributed by atoms with van der Waals surface area (Å²) in [5, 5.41) is 12.4. The van der Waals surface area contributed by atoms with E-state index >= 15 is 0 Å². The molecule has 0 radical (unpaired) electrons. The summed E-state index contributed by atoms with van der Waals surface area (Å²) in [5.74, 6) is 1.98. The van der Waals surface area contributed by atoms with Crippen LogP contribution in [0.4, 0.5) is 4.79 Å². The average Bonchev–Trinajstić information content (AvgIpc) is 3.25. The van der Waals surface area contributed by atoms with Crippen LogP contribution in [-0.2, 0) is 9.59 Å². The van der Waals surface area contributed by atoms with E-state index in [2.05, 4.69) is 33.9 Å². The summed E-state index contributed by atoms with van der Waals surface area (Å²) in [6.45, 7) is 1.46. The Morgan fingerprint density at radius 3 is 2.24 bits per heavy atom. The summed E-state index contributed by atoms with van der Waals surface area (Å²) in [4.78, 5) is 34.7. The van der Waals surface area contributed by atoms with Crippen LogP contribution in [0.2, 0.25) is 0 Å². The predicted molar refractivity (Wildman–Crippen MR) is 122 cm³/mol. The normalized spacial score (nSPS) is 22.7. The van der Waals surface area contributed by atoms with Crippen molar-refractivity contribution in [1.82, 2.24) is 21.3 Å². The Hall–Kier alpha value is -1.09. The summed E-state index contributed by atoms with van der Waals surface area (Å²) < 4.78 is 0. The van der Waals surface area contributed by atoms with Crippen LogP contribution >= 0.6 is 24.4 Å². The maximum Gasteiger partial charge on any atom is 0.315 e. The first-order valence-corrected chi connectivity index (χ1v) is 12.6. The van der Waals surface area contributed by atoms with E-state index in [4.69, 9.17) is 0 Å². The summed E-state index contributed by atoms with van der Waals surface area (Å²) in [6, 6.07) is 0.483. The Labute approximate surface area is 184 Å². The van der Waals surface area contributed by atoms with Crippen molar-refractivity contribution in [3.8, 4) is 0 Å². The van der Waals surface area contributed by atoms with Crippen molar-refractivity contribution in [3.05, 3.63) is 0 Å². The van der Waals surface area contributed by atoms with Crippen LogP contribution in [0.1, 0.15) is 64.2 Å². The van der Waals surface area contributed by atoms with E-state index in [0.29, 0.717) is 18.1 Å². The second-order valence-electron chi connectivity index (χ2n) is 7.81. The molecule has 7 nitrogen and oxygen atoms in total. The van der Waals surface area contributed by atoms with Crippen LogP contribution in [-0.4, -0.2) is 59.8 Å². The van der Waals surface area contributed by atoms with E-state index in [9.17, 15) is 14.4 Å². The zero-order chi connectivity index (χ0) is 20.9. The van der Waals surface area contributed by atoms with Crippen molar-refractivity contribution >= 4 is 42.2 Å². The highest BCUT2D eigenvalue weighted by Gasteiger charge is 2.42. The highest BCUT2D eigenvalue weighted by molar-refractivity contribution is 8.00. The highest BCUT2D eigenvalue weighted by atomic mass is 32.2. The molecule has 2 heterocycles. The number of thioether (sulfide) groups is 1. The van der Waals surface area contributed by atoms with Crippen molar-refractivity contribution in [2.24, 2.45) is 0 Å². The number of urea groups is 1. The maximum absolute atomic E-state index is 11.9. The number of amides is 4. The largest absolute Gasteiger partial charge is 0.356 e. The number of thiol groups is 1. The van der Waals surface area contributed by atoms with Gasteiger partial charge >= 0.3 is 6.03 Å². The molecule has 9 heteroatoms. The molecule has 0 spiro atoms. The lowest BCUT2D eigenvalue weighted by Gasteiger charge is -2.16. The molecule has 2 unspecified atom stereocenters.